The number of hydrogen-bond acceptors (Lipinski definition) is 5. The zero-order valence-electron chi connectivity index (χ0n) is 11.6. The summed E-state index contributed by atoms with van der Waals surface area (Å²) in [6, 6.07) is 7.06. The molecule has 22 heavy (non-hydrogen) atoms. The number of ether oxygens (including phenoxy) is 2. The van der Waals surface area contributed by atoms with Gasteiger partial charge in [0, 0.05) is 22.9 Å². The fourth-order valence-corrected chi connectivity index (χ4v) is 3.49. The molecule has 0 unspecified atom stereocenters. The molecule has 2 aromatic rings. The minimum absolute atomic E-state index is 0.187. The van der Waals surface area contributed by atoms with Crippen molar-refractivity contribution in [3.8, 4) is 17.6 Å². The van der Waals surface area contributed by atoms with Crippen LogP contribution in [-0.2, 0) is 5.75 Å². The van der Waals surface area contributed by atoms with Crippen LogP contribution >= 0.6 is 23.4 Å². The monoisotopic (exact) mass is 334 g/mol. The molecule has 3 rings (SSSR count). The van der Waals surface area contributed by atoms with E-state index < -0.39 is 0 Å². The second-order valence-corrected chi connectivity index (χ2v) is 6.11. The molecule has 1 aromatic carbocycles. The van der Waals surface area contributed by atoms with Crippen LogP contribution in [0.1, 0.15) is 16.7 Å². The van der Waals surface area contributed by atoms with E-state index in [0.717, 1.165) is 5.56 Å². The molecule has 5 nitrogen and oxygen atoms in total. The fourth-order valence-electron chi connectivity index (χ4n) is 2.13. The van der Waals surface area contributed by atoms with Crippen molar-refractivity contribution >= 4 is 23.4 Å². The van der Waals surface area contributed by atoms with Gasteiger partial charge in [0.15, 0.2) is 11.5 Å². The summed E-state index contributed by atoms with van der Waals surface area (Å²) in [4.78, 5) is 14.3. The van der Waals surface area contributed by atoms with Gasteiger partial charge in [-0.15, -0.1) is 11.8 Å². The lowest BCUT2D eigenvalue weighted by Crippen LogP contribution is -2.08. The first-order chi connectivity index (χ1) is 10.6. The molecule has 2 heterocycles. The Bertz CT molecular complexity index is 842. The minimum Gasteiger partial charge on any atom is -0.454 e. The molecule has 0 amide bonds. The number of halogens is 1. The van der Waals surface area contributed by atoms with Gasteiger partial charge in [-0.25, -0.2) is 0 Å². The average Bonchev–Trinajstić information content (AvgIpc) is 2.91. The standard InChI is InChI=1S/C15H11ClN2O3S/c1-8-2-14(19)18-15(10(8)5-17)22-6-9-3-12-13(4-11(9)16)21-7-20-12/h2-4H,6-7H2,1H3,(H,18,19). The van der Waals surface area contributed by atoms with Gasteiger partial charge >= 0.3 is 0 Å². The van der Waals surface area contributed by atoms with Gasteiger partial charge in [0.05, 0.1) is 10.6 Å². The summed E-state index contributed by atoms with van der Waals surface area (Å²) in [5.74, 6) is 1.78. The highest BCUT2D eigenvalue weighted by molar-refractivity contribution is 7.98. The smallest absolute Gasteiger partial charge is 0.249 e. The summed E-state index contributed by atoms with van der Waals surface area (Å²) < 4.78 is 10.6. The summed E-state index contributed by atoms with van der Waals surface area (Å²) in [7, 11) is 0. The Morgan fingerprint density at radius 3 is 2.82 bits per heavy atom. The molecule has 0 aliphatic carbocycles. The first kappa shape index (κ1) is 14.8. The predicted molar refractivity (Wildman–Crippen MR) is 83.7 cm³/mol. The molecule has 1 aromatic heterocycles. The SMILES string of the molecule is Cc1cc(=O)[nH]c(SCc2cc3c(cc2Cl)OCO3)c1C#N. The van der Waals surface area contributed by atoms with Gasteiger partial charge in [0.2, 0.25) is 12.4 Å². The Morgan fingerprint density at radius 1 is 1.36 bits per heavy atom. The van der Waals surface area contributed by atoms with E-state index in [-0.39, 0.29) is 12.4 Å². The number of rotatable bonds is 3. The number of nitriles is 1. The Balaban J connectivity index is 1.88. The fraction of sp³-hybridized carbons (Fsp3) is 0.200. The van der Waals surface area contributed by atoms with Crippen LogP contribution in [0.4, 0.5) is 0 Å². The normalized spacial score (nSPS) is 12.2. The largest absolute Gasteiger partial charge is 0.454 e. The summed E-state index contributed by atoms with van der Waals surface area (Å²) in [5, 5.41) is 10.3. The van der Waals surface area contributed by atoms with Crippen LogP contribution in [0.3, 0.4) is 0 Å². The maximum Gasteiger partial charge on any atom is 0.249 e. The second kappa shape index (κ2) is 5.95. The average molecular weight is 335 g/mol. The van der Waals surface area contributed by atoms with Crippen molar-refractivity contribution in [2.24, 2.45) is 0 Å². The van der Waals surface area contributed by atoms with Gasteiger partial charge in [-0.05, 0) is 24.1 Å². The van der Waals surface area contributed by atoms with Crippen LogP contribution < -0.4 is 15.0 Å². The predicted octanol–water partition coefficient (Wildman–Crippen LogP) is 3.23. The van der Waals surface area contributed by atoms with Crippen LogP contribution in [0.15, 0.2) is 28.0 Å². The Kier molecular flexibility index (Phi) is 4.01. The van der Waals surface area contributed by atoms with Crippen LogP contribution in [0.5, 0.6) is 11.5 Å². The number of aryl methyl sites for hydroxylation is 1. The molecule has 0 fully saturated rings. The maximum atomic E-state index is 11.6. The lowest BCUT2D eigenvalue weighted by molar-refractivity contribution is 0.174. The quantitative estimate of drug-likeness (QED) is 0.872. The third kappa shape index (κ3) is 2.78. The number of hydrogen-bond donors (Lipinski definition) is 1. The molecule has 7 heteroatoms. The Hall–Kier alpha value is -2.10. The van der Waals surface area contributed by atoms with Crippen molar-refractivity contribution in [1.29, 1.82) is 5.26 Å². The first-order valence-electron chi connectivity index (χ1n) is 6.43. The lowest BCUT2D eigenvalue weighted by atomic mass is 10.2. The molecular weight excluding hydrogens is 324 g/mol. The molecule has 1 aliphatic rings. The summed E-state index contributed by atoms with van der Waals surface area (Å²) in [6.45, 7) is 1.93. The van der Waals surface area contributed by atoms with Gasteiger partial charge in [-0.3, -0.25) is 4.79 Å². The third-order valence-corrected chi connectivity index (χ3v) is 4.63. The zero-order valence-corrected chi connectivity index (χ0v) is 13.2. The van der Waals surface area contributed by atoms with Crippen molar-refractivity contribution in [2.45, 2.75) is 17.7 Å². The lowest BCUT2D eigenvalue weighted by Gasteiger charge is -2.08. The Morgan fingerprint density at radius 2 is 2.09 bits per heavy atom. The molecular formula is C15H11ClN2O3S. The molecule has 1 N–H and O–H groups in total. The van der Waals surface area contributed by atoms with Gasteiger partial charge in [0.25, 0.3) is 0 Å². The second-order valence-electron chi connectivity index (χ2n) is 4.72. The topological polar surface area (TPSA) is 75.1 Å². The number of H-pyrrole nitrogens is 1. The zero-order chi connectivity index (χ0) is 15.7. The van der Waals surface area contributed by atoms with Gasteiger partial charge in [-0.1, -0.05) is 11.6 Å². The van der Waals surface area contributed by atoms with Crippen LogP contribution in [-0.4, -0.2) is 11.8 Å². The molecule has 0 bridgehead atoms. The molecule has 0 saturated heterocycles. The van der Waals surface area contributed by atoms with E-state index >= 15 is 0 Å². The number of aromatic nitrogens is 1. The number of aromatic amines is 1. The van der Waals surface area contributed by atoms with E-state index in [0.29, 0.717) is 38.4 Å². The summed E-state index contributed by atoms with van der Waals surface area (Å²) >= 11 is 7.58. The number of nitrogens with zero attached hydrogens (tertiary/aromatic N) is 1. The number of thioether (sulfide) groups is 1. The van der Waals surface area contributed by atoms with Gasteiger partial charge in [-0.2, -0.15) is 5.26 Å². The van der Waals surface area contributed by atoms with E-state index in [1.807, 2.05) is 6.07 Å². The molecule has 112 valence electrons. The highest BCUT2D eigenvalue weighted by Crippen LogP contribution is 2.38. The Labute approximate surface area is 135 Å². The molecule has 0 spiro atoms. The van der Waals surface area contributed by atoms with E-state index in [2.05, 4.69) is 11.1 Å². The van der Waals surface area contributed by atoms with E-state index in [4.69, 9.17) is 21.1 Å². The summed E-state index contributed by atoms with van der Waals surface area (Å²) in [6.07, 6.45) is 0. The van der Waals surface area contributed by atoms with E-state index in [1.54, 1.807) is 13.0 Å². The third-order valence-electron chi connectivity index (χ3n) is 3.23. The first-order valence-corrected chi connectivity index (χ1v) is 7.79. The van der Waals surface area contributed by atoms with Crippen molar-refractivity contribution < 1.29 is 9.47 Å². The molecule has 0 radical (unpaired) electrons. The highest BCUT2D eigenvalue weighted by Gasteiger charge is 2.17. The molecule has 0 atom stereocenters. The molecule has 1 aliphatic heterocycles. The number of fused-ring (bicyclic) bond motifs is 1. The maximum absolute atomic E-state index is 11.6. The minimum atomic E-state index is -0.226. The van der Waals surface area contributed by atoms with Crippen molar-refractivity contribution in [1.82, 2.24) is 4.98 Å². The van der Waals surface area contributed by atoms with Crippen molar-refractivity contribution in [3.05, 3.63) is 50.3 Å². The van der Waals surface area contributed by atoms with Crippen LogP contribution in [0.2, 0.25) is 5.02 Å². The highest BCUT2D eigenvalue weighted by atomic mass is 35.5. The summed E-state index contributed by atoms with van der Waals surface area (Å²) in [5.41, 5.74) is 1.75. The molecule has 0 saturated carbocycles. The van der Waals surface area contributed by atoms with Gasteiger partial charge in [0.1, 0.15) is 6.07 Å². The number of benzene rings is 1. The van der Waals surface area contributed by atoms with Gasteiger partial charge < -0.3 is 14.5 Å². The van der Waals surface area contributed by atoms with Crippen molar-refractivity contribution in [2.75, 3.05) is 6.79 Å². The number of nitrogens with one attached hydrogen (secondary N) is 1. The van der Waals surface area contributed by atoms with E-state index in [9.17, 15) is 10.1 Å². The van der Waals surface area contributed by atoms with E-state index in [1.165, 1.54) is 17.8 Å². The van der Waals surface area contributed by atoms with Crippen LogP contribution in [0.25, 0.3) is 0 Å². The van der Waals surface area contributed by atoms with Crippen molar-refractivity contribution in [3.63, 3.8) is 0 Å². The number of pyridine rings is 1. The van der Waals surface area contributed by atoms with Crippen LogP contribution in [0, 0.1) is 18.3 Å².